The summed E-state index contributed by atoms with van der Waals surface area (Å²) in [6.45, 7) is 2.98. The molecule has 1 heterocycles. The minimum atomic E-state index is 0.131. The molecule has 0 radical (unpaired) electrons. The summed E-state index contributed by atoms with van der Waals surface area (Å²) in [6.07, 6.45) is 4.42. The molecular formula is C21H23NO3. The van der Waals surface area contributed by atoms with Crippen molar-refractivity contribution in [3.05, 3.63) is 52.6 Å². The Morgan fingerprint density at radius 1 is 1.04 bits per heavy atom. The molecule has 0 fully saturated rings. The summed E-state index contributed by atoms with van der Waals surface area (Å²) in [4.78, 5) is 0. The zero-order valence-corrected chi connectivity index (χ0v) is 14.6. The Bertz CT molecular complexity index is 870. The van der Waals surface area contributed by atoms with Crippen LogP contribution in [0, 0.1) is 0 Å². The molecule has 0 spiro atoms. The Morgan fingerprint density at radius 2 is 1.80 bits per heavy atom. The van der Waals surface area contributed by atoms with Crippen LogP contribution < -0.4 is 10.1 Å². The maximum Gasteiger partial charge on any atom is 0.130 e. The zero-order valence-electron chi connectivity index (χ0n) is 14.6. The number of aromatic hydroxyl groups is 1. The number of fused-ring (bicyclic) bond motifs is 2. The Labute approximate surface area is 147 Å². The van der Waals surface area contributed by atoms with Crippen molar-refractivity contribution in [1.82, 2.24) is 5.32 Å². The lowest BCUT2D eigenvalue weighted by Crippen LogP contribution is -2.28. The third kappa shape index (κ3) is 2.48. The van der Waals surface area contributed by atoms with Gasteiger partial charge in [0.05, 0.1) is 12.7 Å². The van der Waals surface area contributed by atoms with Crippen molar-refractivity contribution in [2.75, 3.05) is 13.7 Å². The average molecular weight is 337 g/mol. The molecule has 4 heteroatoms. The Hall–Kier alpha value is -2.46. The van der Waals surface area contributed by atoms with Crippen molar-refractivity contribution in [2.45, 2.75) is 32.2 Å². The molecular weight excluding hydrogens is 314 g/mol. The number of rotatable bonds is 2. The maximum absolute atomic E-state index is 10.4. The number of benzene rings is 2. The largest absolute Gasteiger partial charge is 0.508 e. The van der Waals surface area contributed by atoms with Gasteiger partial charge in [-0.05, 0) is 73.2 Å². The number of methoxy groups -OCH3 is 1. The van der Waals surface area contributed by atoms with Gasteiger partial charge < -0.3 is 20.3 Å². The second kappa shape index (κ2) is 6.12. The molecule has 2 aromatic carbocycles. The lowest BCUT2D eigenvalue weighted by molar-refractivity contribution is 0.407. The van der Waals surface area contributed by atoms with E-state index in [4.69, 9.17) is 4.74 Å². The summed E-state index contributed by atoms with van der Waals surface area (Å²) in [5.74, 6) is 1.35. The summed E-state index contributed by atoms with van der Waals surface area (Å²) in [5.41, 5.74) is 6.39. The molecule has 25 heavy (non-hydrogen) atoms. The van der Waals surface area contributed by atoms with Crippen molar-refractivity contribution in [3.63, 3.8) is 0 Å². The van der Waals surface area contributed by atoms with Crippen LogP contribution in [0.15, 0.2) is 30.3 Å². The predicted octanol–water partition coefficient (Wildman–Crippen LogP) is 4.12. The molecule has 2 aliphatic rings. The van der Waals surface area contributed by atoms with Gasteiger partial charge in [-0.1, -0.05) is 12.1 Å². The lowest BCUT2D eigenvalue weighted by atomic mass is 9.82. The van der Waals surface area contributed by atoms with Gasteiger partial charge >= 0.3 is 0 Å². The quantitative estimate of drug-likeness (QED) is 0.771. The number of phenols is 1. The van der Waals surface area contributed by atoms with Gasteiger partial charge in [0.1, 0.15) is 17.3 Å². The summed E-state index contributed by atoms with van der Waals surface area (Å²) >= 11 is 0. The highest BCUT2D eigenvalue weighted by molar-refractivity contribution is 5.82. The fourth-order valence-corrected chi connectivity index (χ4v) is 4.22. The van der Waals surface area contributed by atoms with Gasteiger partial charge in [-0.25, -0.2) is 0 Å². The van der Waals surface area contributed by atoms with Crippen LogP contribution in [0.1, 0.15) is 41.6 Å². The zero-order chi connectivity index (χ0) is 17.6. The molecule has 3 N–H and O–H groups in total. The van der Waals surface area contributed by atoms with Crippen molar-refractivity contribution < 1.29 is 14.9 Å². The van der Waals surface area contributed by atoms with Crippen LogP contribution in [0.4, 0.5) is 0 Å². The van der Waals surface area contributed by atoms with Gasteiger partial charge in [0.15, 0.2) is 0 Å². The van der Waals surface area contributed by atoms with Gasteiger partial charge in [-0.2, -0.15) is 0 Å². The molecule has 130 valence electrons. The van der Waals surface area contributed by atoms with E-state index in [0.717, 1.165) is 53.6 Å². The fraction of sp³-hybridized carbons (Fsp3) is 0.333. The minimum absolute atomic E-state index is 0.131. The molecule has 0 saturated carbocycles. The molecule has 0 unspecified atom stereocenters. The number of hydrogen-bond donors (Lipinski definition) is 3. The smallest absolute Gasteiger partial charge is 0.130 e. The molecule has 0 aromatic heterocycles. The molecule has 0 saturated heterocycles. The first-order chi connectivity index (χ1) is 12.1. The van der Waals surface area contributed by atoms with E-state index in [2.05, 4.69) is 18.3 Å². The molecule has 0 amide bonds. The highest BCUT2D eigenvalue weighted by Crippen LogP contribution is 2.43. The Balaban J connectivity index is 1.97. The van der Waals surface area contributed by atoms with E-state index in [9.17, 15) is 10.2 Å². The van der Waals surface area contributed by atoms with Crippen molar-refractivity contribution >= 4 is 5.76 Å². The van der Waals surface area contributed by atoms with Gasteiger partial charge in [-0.15, -0.1) is 0 Å². The first-order valence-electron chi connectivity index (χ1n) is 8.79. The van der Waals surface area contributed by atoms with Crippen molar-refractivity contribution in [2.24, 2.45) is 0 Å². The van der Waals surface area contributed by atoms with E-state index in [0.29, 0.717) is 17.3 Å². The van der Waals surface area contributed by atoms with Crippen LogP contribution >= 0.6 is 0 Å². The van der Waals surface area contributed by atoms with Crippen LogP contribution in [0.5, 0.6) is 11.5 Å². The molecule has 1 atom stereocenters. The SMILES string of the molecule is COc1ccc(-c2ccc(O)c3c2CCN[C@@H]3C)c2c1C(O)=CCC2. The second-order valence-electron chi connectivity index (χ2n) is 6.75. The molecule has 1 aliphatic heterocycles. The highest BCUT2D eigenvalue weighted by Gasteiger charge is 2.26. The number of hydrogen-bond acceptors (Lipinski definition) is 4. The highest BCUT2D eigenvalue weighted by atomic mass is 16.5. The average Bonchev–Trinajstić information content (AvgIpc) is 2.62. The molecule has 4 rings (SSSR count). The molecule has 4 nitrogen and oxygen atoms in total. The van der Waals surface area contributed by atoms with Crippen LogP contribution in [0.25, 0.3) is 16.9 Å². The monoisotopic (exact) mass is 337 g/mol. The molecule has 1 aliphatic carbocycles. The van der Waals surface area contributed by atoms with Crippen LogP contribution in [0.2, 0.25) is 0 Å². The van der Waals surface area contributed by atoms with Crippen molar-refractivity contribution in [1.29, 1.82) is 0 Å². The fourth-order valence-electron chi connectivity index (χ4n) is 4.22. The second-order valence-corrected chi connectivity index (χ2v) is 6.75. The van der Waals surface area contributed by atoms with E-state index in [1.165, 1.54) is 5.56 Å². The molecule has 2 aromatic rings. The Kier molecular flexibility index (Phi) is 3.92. The minimum Gasteiger partial charge on any atom is -0.508 e. The summed E-state index contributed by atoms with van der Waals surface area (Å²) in [6, 6.07) is 7.92. The number of aliphatic hydroxyl groups is 1. The van der Waals surface area contributed by atoms with E-state index >= 15 is 0 Å². The summed E-state index contributed by atoms with van der Waals surface area (Å²) < 4.78 is 5.47. The predicted molar refractivity (Wildman–Crippen MR) is 99.1 cm³/mol. The summed E-state index contributed by atoms with van der Waals surface area (Å²) in [5, 5.41) is 24.2. The number of allylic oxidation sites excluding steroid dienone is 1. The van der Waals surface area contributed by atoms with E-state index in [-0.39, 0.29) is 6.04 Å². The van der Waals surface area contributed by atoms with E-state index < -0.39 is 0 Å². The van der Waals surface area contributed by atoms with Gasteiger partial charge in [0, 0.05) is 11.6 Å². The third-order valence-electron chi connectivity index (χ3n) is 5.37. The number of aliphatic hydroxyl groups excluding tert-OH is 1. The van der Waals surface area contributed by atoms with E-state index in [1.54, 1.807) is 13.2 Å². The lowest BCUT2D eigenvalue weighted by Gasteiger charge is -2.28. The standard InChI is InChI=1S/C21H23NO3/c1-12-20-16(10-11-22-12)13(6-8-18(20)24)14-7-9-19(25-2)21-15(14)4-3-5-17(21)23/h5-9,12,22-24H,3-4,10-11H2,1-2H3/t12-/m1/s1. The van der Waals surface area contributed by atoms with Crippen LogP contribution in [0.3, 0.4) is 0 Å². The van der Waals surface area contributed by atoms with Gasteiger partial charge in [0.25, 0.3) is 0 Å². The first-order valence-corrected chi connectivity index (χ1v) is 8.79. The number of nitrogens with one attached hydrogen (secondary N) is 1. The van der Waals surface area contributed by atoms with Crippen molar-refractivity contribution in [3.8, 4) is 22.6 Å². The topological polar surface area (TPSA) is 61.7 Å². The Morgan fingerprint density at radius 3 is 2.60 bits per heavy atom. The van der Waals surface area contributed by atoms with Gasteiger partial charge in [-0.3, -0.25) is 0 Å². The van der Waals surface area contributed by atoms with Gasteiger partial charge in [0.2, 0.25) is 0 Å². The number of ether oxygens (including phenoxy) is 1. The molecule has 0 bridgehead atoms. The first kappa shape index (κ1) is 16.0. The summed E-state index contributed by atoms with van der Waals surface area (Å²) in [7, 11) is 1.63. The van der Waals surface area contributed by atoms with Crippen LogP contribution in [-0.2, 0) is 12.8 Å². The maximum atomic E-state index is 10.4. The van der Waals surface area contributed by atoms with Crippen LogP contribution in [-0.4, -0.2) is 23.9 Å². The van der Waals surface area contributed by atoms with E-state index in [1.807, 2.05) is 18.2 Å². The number of phenolic OH excluding ortho intramolecular Hbond substituents is 1. The third-order valence-corrected chi connectivity index (χ3v) is 5.37. The normalized spacial score (nSPS) is 19.0.